The van der Waals surface area contributed by atoms with Gasteiger partial charge in [0.1, 0.15) is 5.76 Å². The van der Waals surface area contributed by atoms with E-state index in [1.54, 1.807) is 18.4 Å². The number of aliphatic carboxylic acids is 1. The molecule has 0 aliphatic heterocycles. The molecule has 1 N–H and O–H groups in total. The van der Waals surface area contributed by atoms with Crippen LogP contribution in [0.4, 0.5) is 0 Å². The highest BCUT2D eigenvalue weighted by atomic mass is 32.1. The molecule has 0 saturated heterocycles. The molecule has 1 aromatic heterocycles. The predicted molar refractivity (Wildman–Crippen MR) is 99.2 cm³/mol. The van der Waals surface area contributed by atoms with Crippen molar-refractivity contribution in [2.45, 2.75) is 41.0 Å². The van der Waals surface area contributed by atoms with E-state index in [0.717, 1.165) is 23.3 Å². The summed E-state index contributed by atoms with van der Waals surface area (Å²) in [5.41, 5.74) is 2.99. The van der Waals surface area contributed by atoms with E-state index >= 15 is 0 Å². The van der Waals surface area contributed by atoms with E-state index in [9.17, 15) is 9.90 Å². The van der Waals surface area contributed by atoms with E-state index in [0.29, 0.717) is 5.57 Å². The number of hydrogen-bond donors (Lipinski definition) is 1. The highest BCUT2D eigenvalue weighted by Crippen LogP contribution is 2.48. The van der Waals surface area contributed by atoms with Gasteiger partial charge in [-0.3, -0.25) is 0 Å². The van der Waals surface area contributed by atoms with Crippen molar-refractivity contribution < 1.29 is 14.6 Å². The summed E-state index contributed by atoms with van der Waals surface area (Å²) in [5, 5.41) is 11.7. The Morgan fingerprint density at radius 3 is 2.54 bits per heavy atom. The lowest BCUT2D eigenvalue weighted by Gasteiger charge is -2.40. The van der Waals surface area contributed by atoms with Crippen LogP contribution < -0.4 is 0 Å². The van der Waals surface area contributed by atoms with Crippen molar-refractivity contribution in [2.75, 3.05) is 7.11 Å². The molecule has 2 rings (SSSR count). The second-order valence-corrected chi connectivity index (χ2v) is 7.92. The molecule has 0 spiro atoms. The summed E-state index contributed by atoms with van der Waals surface area (Å²) in [6.45, 7) is 10.0. The van der Waals surface area contributed by atoms with Crippen molar-refractivity contribution in [1.82, 2.24) is 0 Å². The Labute approximate surface area is 148 Å². The quantitative estimate of drug-likeness (QED) is 0.752. The maximum atomic E-state index is 11.7. The van der Waals surface area contributed by atoms with Gasteiger partial charge in [0.05, 0.1) is 12.7 Å². The van der Waals surface area contributed by atoms with Gasteiger partial charge in [-0.2, -0.15) is 0 Å². The number of carboxylic acid groups (broad SMARTS) is 1. The van der Waals surface area contributed by atoms with Gasteiger partial charge in [0.25, 0.3) is 0 Å². The van der Waals surface area contributed by atoms with E-state index in [1.807, 2.05) is 13.8 Å². The van der Waals surface area contributed by atoms with E-state index in [2.05, 4.69) is 44.4 Å². The van der Waals surface area contributed by atoms with Crippen LogP contribution in [0.15, 0.2) is 46.1 Å². The second-order valence-electron chi connectivity index (χ2n) is 6.92. The Kier molecular flexibility index (Phi) is 5.38. The molecule has 0 amide bonds. The Morgan fingerprint density at radius 1 is 1.38 bits per heavy atom. The van der Waals surface area contributed by atoms with E-state index in [1.165, 1.54) is 10.4 Å². The molecule has 1 aliphatic carbocycles. The molecule has 0 fully saturated rings. The fourth-order valence-corrected chi connectivity index (χ4v) is 4.22. The number of allylic oxidation sites excluding steroid dienone is 3. The fourth-order valence-electron chi connectivity index (χ4n) is 3.37. The molecule has 1 aliphatic rings. The van der Waals surface area contributed by atoms with Gasteiger partial charge in [0.15, 0.2) is 0 Å². The Morgan fingerprint density at radius 2 is 2.04 bits per heavy atom. The predicted octanol–water partition coefficient (Wildman–Crippen LogP) is 5.13. The van der Waals surface area contributed by atoms with Crippen LogP contribution in [0.2, 0.25) is 0 Å². The third kappa shape index (κ3) is 3.34. The summed E-state index contributed by atoms with van der Waals surface area (Å²) in [7, 11) is 1.62. The summed E-state index contributed by atoms with van der Waals surface area (Å²) in [5.74, 6) is -0.0996. The van der Waals surface area contributed by atoms with Gasteiger partial charge in [-0.25, -0.2) is 4.79 Å². The minimum atomic E-state index is -0.885. The van der Waals surface area contributed by atoms with Crippen LogP contribution in [0.1, 0.15) is 38.1 Å². The molecular formula is C20H26O3S. The first kappa shape index (κ1) is 18.5. The number of thiophene rings is 1. The first-order valence-corrected chi connectivity index (χ1v) is 8.98. The van der Waals surface area contributed by atoms with Crippen molar-refractivity contribution in [2.24, 2.45) is 11.3 Å². The smallest absolute Gasteiger partial charge is 0.336 e. The molecular weight excluding hydrogens is 320 g/mol. The summed E-state index contributed by atoms with van der Waals surface area (Å²) in [6.07, 6.45) is 5.22. The number of hydrogen-bond acceptors (Lipinski definition) is 3. The zero-order valence-electron chi connectivity index (χ0n) is 15.3. The zero-order chi connectivity index (χ0) is 18.1. The standard InChI is InChI=1S/C20H26O3S/c1-12-10-15(24-11-12)8-7-9-16-18(23-6)13(2)17(19(21)22)14(3)20(16,4)5/h7,9-11,16H,8H2,1-6H3,(H,21,22). The van der Waals surface area contributed by atoms with Gasteiger partial charge in [-0.15, -0.1) is 11.3 Å². The van der Waals surface area contributed by atoms with Crippen molar-refractivity contribution in [3.05, 3.63) is 56.5 Å². The number of ether oxygens (including phenoxy) is 1. The Hall–Kier alpha value is -1.81. The SMILES string of the molecule is COC1=C(C)C(C(=O)O)=C(C)C(C)(C)C1C=CCc1cc(C)cs1. The molecule has 0 aromatic carbocycles. The lowest BCUT2D eigenvalue weighted by atomic mass is 9.66. The van der Waals surface area contributed by atoms with Crippen LogP contribution in [0.5, 0.6) is 0 Å². The number of aryl methyl sites for hydroxylation is 1. The molecule has 0 bridgehead atoms. The monoisotopic (exact) mass is 346 g/mol. The van der Waals surface area contributed by atoms with E-state index in [4.69, 9.17) is 4.74 Å². The van der Waals surface area contributed by atoms with Crippen LogP contribution >= 0.6 is 11.3 Å². The zero-order valence-corrected chi connectivity index (χ0v) is 16.1. The minimum absolute atomic E-state index is 0.0339. The maximum absolute atomic E-state index is 11.7. The largest absolute Gasteiger partial charge is 0.500 e. The lowest BCUT2D eigenvalue weighted by Crippen LogP contribution is -2.33. The Balaban J connectivity index is 2.36. The lowest BCUT2D eigenvalue weighted by molar-refractivity contribution is -0.132. The number of rotatable bonds is 5. The highest BCUT2D eigenvalue weighted by Gasteiger charge is 2.41. The van der Waals surface area contributed by atoms with Crippen LogP contribution in [-0.2, 0) is 16.0 Å². The highest BCUT2D eigenvalue weighted by molar-refractivity contribution is 7.10. The van der Waals surface area contributed by atoms with Gasteiger partial charge < -0.3 is 9.84 Å². The molecule has 1 atom stereocenters. The van der Waals surface area contributed by atoms with Crippen LogP contribution in [0, 0.1) is 18.3 Å². The summed E-state index contributed by atoms with van der Waals surface area (Å²) in [6, 6.07) is 2.20. The normalized spacial score (nSPS) is 20.8. The topological polar surface area (TPSA) is 46.5 Å². The first-order valence-electron chi connectivity index (χ1n) is 8.10. The van der Waals surface area contributed by atoms with Crippen molar-refractivity contribution in [1.29, 1.82) is 0 Å². The first-order chi connectivity index (χ1) is 11.2. The molecule has 3 nitrogen and oxygen atoms in total. The Bertz CT molecular complexity index is 732. The van der Waals surface area contributed by atoms with Crippen molar-refractivity contribution in [3.8, 4) is 0 Å². The van der Waals surface area contributed by atoms with E-state index in [-0.39, 0.29) is 11.3 Å². The van der Waals surface area contributed by atoms with Crippen molar-refractivity contribution in [3.63, 3.8) is 0 Å². The van der Waals surface area contributed by atoms with Crippen LogP contribution in [0.25, 0.3) is 0 Å². The summed E-state index contributed by atoms with van der Waals surface area (Å²) >= 11 is 1.77. The van der Waals surface area contributed by atoms with Crippen molar-refractivity contribution >= 4 is 17.3 Å². The molecule has 1 unspecified atom stereocenters. The van der Waals surface area contributed by atoms with Crippen LogP contribution in [0.3, 0.4) is 0 Å². The average Bonchev–Trinajstić information content (AvgIpc) is 2.90. The van der Waals surface area contributed by atoms with Gasteiger partial charge in [0, 0.05) is 16.4 Å². The van der Waals surface area contributed by atoms with Gasteiger partial charge in [-0.1, -0.05) is 31.6 Å². The fraction of sp³-hybridized carbons (Fsp3) is 0.450. The molecule has 0 saturated carbocycles. The molecule has 24 heavy (non-hydrogen) atoms. The molecule has 4 heteroatoms. The van der Waals surface area contributed by atoms with E-state index < -0.39 is 5.97 Å². The molecule has 0 radical (unpaired) electrons. The van der Waals surface area contributed by atoms with Crippen LogP contribution in [-0.4, -0.2) is 18.2 Å². The van der Waals surface area contributed by atoms with Gasteiger partial charge >= 0.3 is 5.97 Å². The minimum Gasteiger partial charge on any atom is -0.500 e. The summed E-state index contributed by atoms with van der Waals surface area (Å²) < 4.78 is 5.62. The summed E-state index contributed by atoms with van der Waals surface area (Å²) in [4.78, 5) is 13.0. The number of carbonyl (C=O) groups is 1. The molecule has 1 heterocycles. The number of methoxy groups -OCH3 is 1. The van der Waals surface area contributed by atoms with Gasteiger partial charge in [0.2, 0.25) is 0 Å². The average molecular weight is 346 g/mol. The molecule has 1 aromatic rings. The number of carboxylic acids is 1. The van der Waals surface area contributed by atoms with Gasteiger partial charge in [-0.05, 0) is 49.6 Å². The third-order valence-electron chi connectivity index (χ3n) is 5.01. The molecule has 130 valence electrons. The third-order valence-corrected chi connectivity index (χ3v) is 6.09. The second kappa shape index (κ2) is 6.98. The maximum Gasteiger partial charge on any atom is 0.336 e.